The van der Waals surface area contributed by atoms with Crippen LogP contribution in [0.1, 0.15) is 37.0 Å². The summed E-state index contributed by atoms with van der Waals surface area (Å²) < 4.78 is 7.33. The molecule has 0 saturated heterocycles. The van der Waals surface area contributed by atoms with Gasteiger partial charge in [0, 0.05) is 18.4 Å². The Balaban J connectivity index is 1.82. The van der Waals surface area contributed by atoms with Crippen molar-refractivity contribution in [1.82, 2.24) is 14.8 Å². The fourth-order valence-electron chi connectivity index (χ4n) is 3.29. The number of hydrogen-bond donors (Lipinski definition) is 0. The first-order valence-corrected chi connectivity index (χ1v) is 9.22. The third-order valence-electron chi connectivity index (χ3n) is 4.73. The number of methoxy groups -OCH3 is 1. The average molecular weight is 357 g/mol. The number of aromatic nitrogens is 3. The normalized spacial score (nSPS) is 11.3. The lowest BCUT2D eigenvalue weighted by Crippen LogP contribution is -2.04. The number of benzene rings is 3. The van der Waals surface area contributed by atoms with Gasteiger partial charge in [-0.05, 0) is 28.5 Å². The highest BCUT2D eigenvalue weighted by molar-refractivity contribution is 5.85. The van der Waals surface area contributed by atoms with E-state index in [1.54, 1.807) is 7.11 Å². The van der Waals surface area contributed by atoms with Gasteiger partial charge in [0.1, 0.15) is 11.6 Å². The topological polar surface area (TPSA) is 39.9 Å². The number of rotatable bonds is 5. The molecule has 1 aromatic heterocycles. The van der Waals surface area contributed by atoms with Gasteiger partial charge in [-0.25, -0.2) is 9.67 Å². The smallest absolute Gasteiger partial charge is 0.153 e. The van der Waals surface area contributed by atoms with Crippen LogP contribution in [-0.2, 0) is 6.42 Å². The van der Waals surface area contributed by atoms with Gasteiger partial charge in [0.25, 0.3) is 0 Å². The Morgan fingerprint density at radius 2 is 1.74 bits per heavy atom. The molecule has 0 N–H and O–H groups in total. The van der Waals surface area contributed by atoms with E-state index in [-0.39, 0.29) is 5.92 Å². The Bertz CT molecular complexity index is 1080. The van der Waals surface area contributed by atoms with Crippen LogP contribution in [-0.4, -0.2) is 21.9 Å². The Morgan fingerprint density at radius 3 is 2.56 bits per heavy atom. The molecule has 0 saturated carbocycles. The molecule has 136 valence electrons. The van der Waals surface area contributed by atoms with E-state index in [9.17, 15) is 0 Å². The van der Waals surface area contributed by atoms with Gasteiger partial charge in [-0.1, -0.05) is 62.4 Å². The van der Waals surface area contributed by atoms with Gasteiger partial charge in [-0.2, -0.15) is 5.10 Å². The summed E-state index contributed by atoms with van der Waals surface area (Å²) in [6.45, 7) is 4.24. The van der Waals surface area contributed by atoms with Crippen LogP contribution in [0.2, 0.25) is 0 Å². The lowest BCUT2D eigenvalue weighted by atomic mass is 10.0. The summed E-state index contributed by atoms with van der Waals surface area (Å²) in [4.78, 5) is 4.85. The van der Waals surface area contributed by atoms with Gasteiger partial charge in [0.2, 0.25) is 0 Å². The standard InChI is InChI=1S/C23H23N3O/c1-16(2)23-24-22(26(25-23)19-11-7-12-20(15-19)27-3)14-18-10-6-9-17-8-4-5-13-21(17)18/h4-13,15-16H,14H2,1-3H3. The maximum Gasteiger partial charge on any atom is 0.153 e. The molecule has 0 spiro atoms. The zero-order chi connectivity index (χ0) is 18.8. The highest BCUT2D eigenvalue weighted by atomic mass is 16.5. The van der Waals surface area contributed by atoms with Crippen LogP contribution >= 0.6 is 0 Å². The van der Waals surface area contributed by atoms with E-state index in [0.717, 1.165) is 29.5 Å². The first-order valence-electron chi connectivity index (χ1n) is 9.22. The Labute approximate surface area is 159 Å². The van der Waals surface area contributed by atoms with Crippen LogP contribution < -0.4 is 4.74 Å². The van der Waals surface area contributed by atoms with Gasteiger partial charge in [0.05, 0.1) is 12.8 Å². The fraction of sp³-hybridized carbons (Fsp3) is 0.217. The van der Waals surface area contributed by atoms with Crippen molar-refractivity contribution in [2.24, 2.45) is 0 Å². The zero-order valence-electron chi connectivity index (χ0n) is 15.9. The number of hydrogen-bond acceptors (Lipinski definition) is 3. The second-order valence-electron chi connectivity index (χ2n) is 6.97. The molecule has 0 amide bonds. The molecule has 0 aliphatic rings. The molecule has 27 heavy (non-hydrogen) atoms. The molecule has 0 unspecified atom stereocenters. The minimum absolute atomic E-state index is 0.267. The largest absolute Gasteiger partial charge is 0.497 e. The summed E-state index contributed by atoms with van der Waals surface area (Å²) in [7, 11) is 1.68. The van der Waals surface area contributed by atoms with Gasteiger partial charge < -0.3 is 4.74 Å². The van der Waals surface area contributed by atoms with Crippen LogP contribution in [0.3, 0.4) is 0 Å². The third kappa shape index (κ3) is 3.43. The number of ether oxygens (including phenoxy) is 1. The molecule has 1 heterocycles. The van der Waals surface area contributed by atoms with Crippen LogP contribution in [0.15, 0.2) is 66.7 Å². The van der Waals surface area contributed by atoms with Crippen LogP contribution in [0.4, 0.5) is 0 Å². The van der Waals surface area contributed by atoms with E-state index in [0.29, 0.717) is 0 Å². The molecule has 4 rings (SSSR count). The molecule has 0 aliphatic carbocycles. The first-order chi connectivity index (χ1) is 13.2. The molecular weight excluding hydrogens is 334 g/mol. The van der Waals surface area contributed by atoms with Crippen LogP contribution in [0.25, 0.3) is 16.5 Å². The van der Waals surface area contributed by atoms with Gasteiger partial charge in [0.15, 0.2) is 5.82 Å². The Hall–Kier alpha value is -3.14. The molecule has 0 aliphatic heterocycles. The monoisotopic (exact) mass is 357 g/mol. The van der Waals surface area contributed by atoms with E-state index in [4.69, 9.17) is 14.8 Å². The SMILES string of the molecule is COc1cccc(-n2nc(C(C)C)nc2Cc2cccc3ccccc23)c1. The Morgan fingerprint density at radius 1 is 0.963 bits per heavy atom. The van der Waals surface area contributed by atoms with Gasteiger partial charge in [-0.15, -0.1) is 0 Å². The van der Waals surface area contributed by atoms with E-state index in [1.165, 1.54) is 16.3 Å². The summed E-state index contributed by atoms with van der Waals surface area (Å²) in [6.07, 6.45) is 0.721. The van der Waals surface area contributed by atoms with Crippen LogP contribution in [0, 0.1) is 0 Å². The van der Waals surface area contributed by atoms with E-state index in [2.05, 4.69) is 56.3 Å². The van der Waals surface area contributed by atoms with Crippen molar-refractivity contribution in [3.63, 3.8) is 0 Å². The second kappa shape index (κ2) is 7.23. The fourth-order valence-corrected chi connectivity index (χ4v) is 3.29. The van der Waals surface area contributed by atoms with Gasteiger partial charge in [-0.3, -0.25) is 0 Å². The van der Waals surface area contributed by atoms with Crippen molar-refractivity contribution >= 4 is 10.8 Å². The second-order valence-corrected chi connectivity index (χ2v) is 6.97. The Kier molecular flexibility index (Phi) is 4.63. The molecule has 4 nitrogen and oxygen atoms in total. The number of nitrogens with zero attached hydrogens (tertiary/aromatic N) is 3. The minimum atomic E-state index is 0.267. The highest BCUT2D eigenvalue weighted by Gasteiger charge is 2.16. The summed E-state index contributed by atoms with van der Waals surface area (Å²) >= 11 is 0. The maximum atomic E-state index is 5.38. The average Bonchev–Trinajstić information content (AvgIpc) is 3.12. The molecule has 0 atom stereocenters. The summed E-state index contributed by atoms with van der Waals surface area (Å²) in [5.74, 6) is 2.87. The predicted molar refractivity (Wildman–Crippen MR) is 109 cm³/mol. The van der Waals surface area contributed by atoms with E-state index in [1.807, 2.05) is 28.9 Å². The maximum absolute atomic E-state index is 5.38. The van der Waals surface area contributed by atoms with Crippen molar-refractivity contribution in [2.45, 2.75) is 26.2 Å². The molecule has 3 aromatic carbocycles. The lowest BCUT2D eigenvalue weighted by molar-refractivity contribution is 0.414. The van der Waals surface area contributed by atoms with Crippen molar-refractivity contribution in [2.75, 3.05) is 7.11 Å². The van der Waals surface area contributed by atoms with E-state index >= 15 is 0 Å². The summed E-state index contributed by atoms with van der Waals surface area (Å²) in [6, 6.07) is 22.8. The summed E-state index contributed by atoms with van der Waals surface area (Å²) in [5.41, 5.74) is 2.21. The van der Waals surface area contributed by atoms with Crippen molar-refractivity contribution in [1.29, 1.82) is 0 Å². The van der Waals surface area contributed by atoms with Crippen molar-refractivity contribution < 1.29 is 4.74 Å². The van der Waals surface area contributed by atoms with Gasteiger partial charge >= 0.3 is 0 Å². The predicted octanol–water partition coefficient (Wildman–Crippen LogP) is 5.14. The molecule has 4 heteroatoms. The zero-order valence-corrected chi connectivity index (χ0v) is 15.9. The van der Waals surface area contributed by atoms with Crippen molar-refractivity contribution in [3.8, 4) is 11.4 Å². The molecule has 4 aromatic rings. The van der Waals surface area contributed by atoms with Crippen LogP contribution in [0.5, 0.6) is 5.75 Å². The number of fused-ring (bicyclic) bond motifs is 1. The third-order valence-corrected chi connectivity index (χ3v) is 4.73. The highest BCUT2D eigenvalue weighted by Crippen LogP contribution is 2.24. The quantitative estimate of drug-likeness (QED) is 0.496. The molecule has 0 radical (unpaired) electrons. The minimum Gasteiger partial charge on any atom is -0.497 e. The first kappa shape index (κ1) is 17.3. The molecule has 0 bridgehead atoms. The summed E-state index contributed by atoms with van der Waals surface area (Å²) in [5, 5.41) is 7.28. The lowest BCUT2D eigenvalue weighted by Gasteiger charge is -2.09. The molecular formula is C23H23N3O. The molecule has 0 fully saturated rings. The van der Waals surface area contributed by atoms with E-state index < -0.39 is 0 Å². The van der Waals surface area contributed by atoms with Crippen molar-refractivity contribution in [3.05, 3.63) is 83.9 Å².